The molecule has 4 heteroatoms. The van der Waals surface area contributed by atoms with Crippen LogP contribution in [-0.2, 0) is 6.54 Å². The van der Waals surface area contributed by atoms with Gasteiger partial charge in [0, 0.05) is 12.1 Å². The van der Waals surface area contributed by atoms with Gasteiger partial charge in [0.1, 0.15) is 13.2 Å². The molecule has 5 aliphatic rings. The molecular formula is C19H25NO3. The van der Waals surface area contributed by atoms with Crippen LogP contribution in [-0.4, -0.2) is 29.5 Å². The van der Waals surface area contributed by atoms with Gasteiger partial charge < -0.3 is 19.9 Å². The van der Waals surface area contributed by atoms with E-state index in [1.54, 1.807) is 0 Å². The zero-order valence-electron chi connectivity index (χ0n) is 13.5. The van der Waals surface area contributed by atoms with Gasteiger partial charge in [-0.3, -0.25) is 0 Å². The van der Waals surface area contributed by atoms with Gasteiger partial charge in [-0.2, -0.15) is 0 Å². The Labute approximate surface area is 137 Å². The third-order valence-electron chi connectivity index (χ3n) is 6.30. The molecule has 124 valence electrons. The minimum absolute atomic E-state index is 0.145. The van der Waals surface area contributed by atoms with E-state index >= 15 is 0 Å². The number of nitrogens with one attached hydrogen (secondary N) is 1. The van der Waals surface area contributed by atoms with Crippen LogP contribution in [0.3, 0.4) is 0 Å². The monoisotopic (exact) mass is 315 g/mol. The minimum Gasteiger partial charge on any atom is -0.486 e. The standard InChI is InChI=1S/C19H25NO3/c21-19-9-14-5-15(10-19)8-18(7-14,12-19)20-11-13-1-2-16-17(6-13)23-4-3-22-16/h1-2,6,14-15,20-21H,3-5,7-12H2/t14-,15-,18?,19?/m1/s1. The Morgan fingerprint density at radius 2 is 1.78 bits per heavy atom. The van der Waals surface area contributed by atoms with Crippen LogP contribution in [0.4, 0.5) is 0 Å². The predicted octanol–water partition coefficient (Wildman–Crippen LogP) is 2.63. The van der Waals surface area contributed by atoms with E-state index in [9.17, 15) is 5.11 Å². The highest BCUT2D eigenvalue weighted by molar-refractivity contribution is 5.43. The zero-order chi connectivity index (χ0) is 15.5. The first-order valence-corrected chi connectivity index (χ1v) is 8.98. The summed E-state index contributed by atoms with van der Waals surface area (Å²) in [5.41, 5.74) is 0.979. The average Bonchev–Trinajstić information content (AvgIpc) is 2.50. The maximum absolute atomic E-state index is 10.8. The summed E-state index contributed by atoms with van der Waals surface area (Å²) in [4.78, 5) is 0. The summed E-state index contributed by atoms with van der Waals surface area (Å²) in [6.07, 6.45) is 6.77. The summed E-state index contributed by atoms with van der Waals surface area (Å²) in [5.74, 6) is 3.15. The number of rotatable bonds is 3. The highest BCUT2D eigenvalue weighted by Crippen LogP contribution is 2.57. The molecule has 1 aromatic carbocycles. The molecule has 1 aliphatic heterocycles. The van der Waals surface area contributed by atoms with E-state index in [1.165, 1.54) is 24.8 Å². The number of ether oxygens (including phenoxy) is 2. The van der Waals surface area contributed by atoms with E-state index in [0.29, 0.717) is 25.0 Å². The summed E-state index contributed by atoms with van der Waals surface area (Å²) >= 11 is 0. The molecule has 4 saturated carbocycles. The van der Waals surface area contributed by atoms with E-state index in [2.05, 4.69) is 17.4 Å². The lowest BCUT2D eigenvalue weighted by Crippen LogP contribution is -2.64. The van der Waals surface area contributed by atoms with Crippen molar-refractivity contribution >= 4 is 0 Å². The van der Waals surface area contributed by atoms with Crippen LogP contribution in [0.25, 0.3) is 0 Å². The molecule has 4 nitrogen and oxygen atoms in total. The highest BCUT2D eigenvalue weighted by Gasteiger charge is 2.56. The first-order valence-electron chi connectivity index (χ1n) is 8.98. The largest absolute Gasteiger partial charge is 0.486 e. The zero-order valence-corrected chi connectivity index (χ0v) is 13.5. The fourth-order valence-electron chi connectivity index (χ4n) is 5.91. The number of benzene rings is 1. The van der Waals surface area contributed by atoms with E-state index in [1.807, 2.05) is 6.07 Å². The van der Waals surface area contributed by atoms with Gasteiger partial charge in [-0.1, -0.05) is 6.07 Å². The maximum atomic E-state index is 10.8. The van der Waals surface area contributed by atoms with Crippen LogP contribution in [0, 0.1) is 11.8 Å². The van der Waals surface area contributed by atoms with Crippen molar-refractivity contribution in [2.75, 3.05) is 13.2 Å². The Kier molecular flexibility index (Phi) is 2.99. The summed E-state index contributed by atoms with van der Waals surface area (Å²) in [5, 5.41) is 14.7. The molecule has 4 bridgehead atoms. The van der Waals surface area contributed by atoms with Crippen molar-refractivity contribution in [2.45, 2.75) is 56.2 Å². The Bertz CT molecular complexity index is 615. The Balaban J connectivity index is 1.33. The van der Waals surface area contributed by atoms with Crippen LogP contribution >= 0.6 is 0 Å². The molecule has 4 fully saturated rings. The summed E-state index contributed by atoms with van der Waals surface area (Å²) in [7, 11) is 0. The summed E-state index contributed by atoms with van der Waals surface area (Å²) in [6.45, 7) is 2.10. The SMILES string of the molecule is OC12C[C@@H]3C[C@@H](C1)CC(NCc1ccc4c(c1)OCCO4)(C3)C2. The second kappa shape index (κ2) is 4.87. The fourth-order valence-corrected chi connectivity index (χ4v) is 5.91. The van der Waals surface area contributed by atoms with Crippen molar-refractivity contribution in [1.82, 2.24) is 5.32 Å². The van der Waals surface area contributed by atoms with Gasteiger partial charge in [0.05, 0.1) is 5.60 Å². The molecule has 1 heterocycles. The lowest BCUT2D eigenvalue weighted by Gasteiger charge is -2.60. The molecule has 0 radical (unpaired) electrons. The minimum atomic E-state index is -0.399. The van der Waals surface area contributed by atoms with E-state index in [0.717, 1.165) is 37.3 Å². The molecule has 0 aromatic heterocycles. The molecule has 0 amide bonds. The van der Waals surface area contributed by atoms with Crippen molar-refractivity contribution < 1.29 is 14.6 Å². The Morgan fingerprint density at radius 3 is 2.52 bits per heavy atom. The molecule has 2 atom stereocenters. The first-order chi connectivity index (χ1) is 11.1. The van der Waals surface area contributed by atoms with Crippen molar-refractivity contribution in [1.29, 1.82) is 0 Å². The van der Waals surface area contributed by atoms with Crippen LogP contribution in [0.1, 0.15) is 44.1 Å². The van der Waals surface area contributed by atoms with Gasteiger partial charge in [0.2, 0.25) is 0 Å². The second-order valence-electron chi connectivity index (χ2n) is 8.30. The quantitative estimate of drug-likeness (QED) is 0.900. The number of fused-ring (bicyclic) bond motifs is 1. The molecule has 23 heavy (non-hydrogen) atoms. The molecule has 0 unspecified atom stereocenters. The molecule has 1 aromatic rings. The normalized spacial score (nSPS) is 40.4. The lowest BCUT2D eigenvalue weighted by molar-refractivity contribution is -0.142. The molecule has 2 N–H and O–H groups in total. The van der Waals surface area contributed by atoms with Crippen LogP contribution in [0.2, 0.25) is 0 Å². The predicted molar refractivity (Wildman–Crippen MR) is 86.6 cm³/mol. The van der Waals surface area contributed by atoms with Gasteiger partial charge in [-0.05, 0) is 68.1 Å². The second-order valence-corrected chi connectivity index (χ2v) is 8.30. The highest BCUT2D eigenvalue weighted by atomic mass is 16.6. The smallest absolute Gasteiger partial charge is 0.161 e. The van der Waals surface area contributed by atoms with Gasteiger partial charge in [0.15, 0.2) is 11.5 Å². The third kappa shape index (κ3) is 2.43. The van der Waals surface area contributed by atoms with Crippen LogP contribution < -0.4 is 14.8 Å². The Hall–Kier alpha value is -1.26. The van der Waals surface area contributed by atoms with E-state index in [4.69, 9.17) is 9.47 Å². The van der Waals surface area contributed by atoms with Crippen molar-refractivity contribution in [3.05, 3.63) is 23.8 Å². The molecule has 6 rings (SSSR count). The molecule has 0 saturated heterocycles. The van der Waals surface area contributed by atoms with E-state index in [-0.39, 0.29) is 5.54 Å². The molecule has 0 spiro atoms. The summed E-state index contributed by atoms with van der Waals surface area (Å²) in [6, 6.07) is 6.23. The van der Waals surface area contributed by atoms with Crippen LogP contribution in [0.5, 0.6) is 11.5 Å². The first kappa shape index (κ1) is 14.1. The van der Waals surface area contributed by atoms with Gasteiger partial charge in [0.25, 0.3) is 0 Å². The average molecular weight is 315 g/mol. The van der Waals surface area contributed by atoms with Gasteiger partial charge >= 0.3 is 0 Å². The Morgan fingerprint density at radius 1 is 1.04 bits per heavy atom. The topological polar surface area (TPSA) is 50.7 Å². The summed E-state index contributed by atoms with van der Waals surface area (Å²) < 4.78 is 11.3. The fraction of sp³-hybridized carbons (Fsp3) is 0.684. The van der Waals surface area contributed by atoms with E-state index < -0.39 is 5.60 Å². The maximum Gasteiger partial charge on any atom is 0.161 e. The van der Waals surface area contributed by atoms with Gasteiger partial charge in [-0.15, -0.1) is 0 Å². The number of hydrogen-bond acceptors (Lipinski definition) is 4. The van der Waals surface area contributed by atoms with Crippen molar-refractivity contribution in [3.8, 4) is 11.5 Å². The molecule has 4 aliphatic carbocycles. The van der Waals surface area contributed by atoms with Crippen molar-refractivity contribution in [2.24, 2.45) is 11.8 Å². The molecular weight excluding hydrogens is 290 g/mol. The lowest BCUT2D eigenvalue weighted by atomic mass is 9.51. The number of hydrogen-bond donors (Lipinski definition) is 2. The van der Waals surface area contributed by atoms with Crippen LogP contribution in [0.15, 0.2) is 18.2 Å². The van der Waals surface area contributed by atoms with Crippen molar-refractivity contribution in [3.63, 3.8) is 0 Å². The number of aliphatic hydroxyl groups is 1. The third-order valence-corrected chi connectivity index (χ3v) is 6.30. The van der Waals surface area contributed by atoms with Gasteiger partial charge in [-0.25, -0.2) is 0 Å².